The number of thiophene rings is 1. The number of ether oxygens (including phenoxy) is 1. The zero-order valence-corrected chi connectivity index (χ0v) is 16.2. The standard InChI is InChI=1S/C19H22N6OS/c1-13-15-6-3-7-16(26-2)17(15)23-19(22-13)24-18-20-11-25(12-21-18)9-8-14-5-4-10-27-14/h3-7,10H,8-9,11-12H2,1-2H3,(H2,20,21,22,23,24). The van der Waals surface area contributed by atoms with Crippen LogP contribution in [0.2, 0.25) is 0 Å². The van der Waals surface area contributed by atoms with Crippen molar-refractivity contribution in [2.24, 2.45) is 4.99 Å². The molecule has 0 bridgehead atoms. The lowest BCUT2D eigenvalue weighted by Crippen LogP contribution is -2.46. The molecule has 0 spiro atoms. The molecule has 0 radical (unpaired) electrons. The summed E-state index contributed by atoms with van der Waals surface area (Å²) in [6.07, 6.45) is 1.05. The summed E-state index contributed by atoms with van der Waals surface area (Å²) < 4.78 is 5.43. The molecule has 0 saturated carbocycles. The molecule has 1 aliphatic rings. The highest BCUT2D eigenvalue weighted by Gasteiger charge is 2.14. The summed E-state index contributed by atoms with van der Waals surface area (Å²) in [5.41, 5.74) is 1.69. The van der Waals surface area contributed by atoms with E-state index in [9.17, 15) is 0 Å². The van der Waals surface area contributed by atoms with Crippen LogP contribution in [0.25, 0.3) is 10.9 Å². The van der Waals surface area contributed by atoms with Crippen molar-refractivity contribution in [3.05, 3.63) is 46.3 Å². The van der Waals surface area contributed by atoms with E-state index in [2.05, 4.69) is 48.0 Å². The van der Waals surface area contributed by atoms with Gasteiger partial charge in [0.2, 0.25) is 11.9 Å². The number of hydrogen-bond donors (Lipinski definition) is 2. The van der Waals surface area contributed by atoms with Crippen molar-refractivity contribution in [1.82, 2.24) is 20.2 Å². The van der Waals surface area contributed by atoms with Gasteiger partial charge >= 0.3 is 0 Å². The van der Waals surface area contributed by atoms with E-state index in [4.69, 9.17) is 4.74 Å². The molecular weight excluding hydrogens is 360 g/mol. The number of methoxy groups -OCH3 is 1. The molecule has 0 saturated heterocycles. The second-order valence-corrected chi connectivity index (χ2v) is 7.35. The minimum absolute atomic E-state index is 0.516. The van der Waals surface area contributed by atoms with Crippen molar-refractivity contribution in [3.8, 4) is 5.75 Å². The van der Waals surface area contributed by atoms with Gasteiger partial charge in [0.25, 0.3) is 0 Å². The number of nitrogens with one attached hydrogen (secondary N) is 2. The number of fused-ring (bicyclic) bond motifs is 1. The molecule has 27 heavy (non-hydrogen) atoms. The second-order valence-electron chi connectivity index (χ2n) is 6.32. The molecule has 0 amide bonds. The van der Waals surface area contributed by atoms with Crippen LogP contribution in [0.5, 0.6) is 5.75 Å². The molecule has 3 heterocycles. The molecule has 0 atom stereocenters. The van der Waals surface area contributed by atoms with Gasteiger partial charge in [-0.25, -0.2) is 15.0 Å². The van der Waals surface area contributed by atoms with Gasteiger partial charge in [0.1, 0.15) is 11.3 Å². The lowest BCUT2D eigenvalue weighted by atomic mass is 10.2. The van der Waals surface area contributed by atoms with Gasteiger partial charge in [-0.2, -0.15) is 0 Å². The van der Waals surface area contributed by atoms with Crippen molar-refractivity contribution in [2.45, 2.75) is 13.3 Å². The Hall–Kier alpha value is -2.71. The quantitative estimate of drug-likeness (QED) is 0.707. The Bertz CT molecular complexity index is 956. The summed E-state index contributed by atoms with van der Waals surface area (Å²) >= 11 is 1.80. The van der Waals surface area contributed by atoms with Crippen LogP contribution in [0.3, 0.4) is 0 Å². The number of anilines is 1. The van der Waals surface area contributed by atoms with Crippen LogP contribution in [0.15, 0.2) is 40.7 Å². The highest BCUT2D eigenvalue weighted by atomic mass is 32.1. The number of guanidine groups is 1. The minimum Gasteiger partial charge on any atom is -0.494 e. The van der Waals surface area contributed by atoms with Gasteiger partial charge in [0.15, 0.2) is 0 Å². The Labute approximate surface area is 162 Å². The van der Waals surface area contributed by atoms with Gasteiger partial charge in [0.05, 0.1) is 26.1 Å². The molecule has 7 nitrogen and oxygen atoms in total. The van der Waals surface area contributed by atoms with E-state index in [0.29, 0.717) is 18.6 Å². The predicted molar refractivity (Wildman–Crippen MR) is 109 cm³/mol. The van der Waals surface area contributed by atoms with Gasteiger partial charge in [-0.3, -0.25) is 10.2 Å². The number of rotatable bonds is 5. The minimum atomic E-state index is 0.516. The van der Waals surface area contributed by atoms with Gasteiger partial charge in [-0.15, -0.1) is 11.3 Å². The van der Waals surface area contributed by atoms with Crippen molar-refractivity contribution in [1.29, 1.82) is 0 Å². The molecule has 1 aromatic carbocycles. The van der Waals surface area contributed by atoms with Gasteiger partial charge in [0, 0.05) is 16.8 Å². The van der Waals surface area contributed by atoms with E-state index in [1.165, 1.54) is 4.88 Å². The molecule has 1 aliphatic heterocycles. The molecule has 0 aliphatic carbocycles. The summed E-state index contributed by atoms with van der Waals surface area (Å²) in [6, 6.07) is 10.1. The van der Waals surface area contributed by atoms with Crippen molar-refractivity contribution >= 4 is 34.1 Å². The maximum Gasteiger partial charge on any atom is 0.230 e. The fraction of sp³-hybridized carbons (Fsp3) is 0.316. The van der Waals surface area contributed by atoms with Crippen molar-refractivity contribution < 1.29 is 4.74 Å². The van der Waals surface area contributed by atoms with Crippen LogP contribution in [-0.2, 0) is 6.42 Å². The van der Waals surface area contributed by atoms with Crippen LogP contribution in [-0.4, -0.2) is 47.8 Å². The normalized spacial score (nSPS) is 14.7. The molecule has 140 valence electrons. The number of aryl methyl sites for hydroxylation is 1. The number of hydrogen-bond acceptors (Lipinski definition) is 8. The molecule has 3 aromatic rings. The SMILES string of the molecule is COc1cccc2c(C)nc(NC3=NCN(CCc4cccs4)CN3)nc12. The average Bonchev–Trinajstić information content (AvgIpc) is 3.21. The molecule has 2 N–H and O–H groups in total. The monoisotopic (exact) mass is 382 g/mol. The van der Waals surface area contributed by atoms with E-state index in [1.54, 1.807) is 18.4 Å². The zero-order chi connectivity index (χ0) is 18.6. The van der Waals surface area contributed by atoms with E-state index in [1.807, 2.05) is 25.1 Å². The maximum absolute atomic E-state index is 5.43. The fourth-order valence-corrected chi connectivity index (χ4v) is 3.72. The van der Waals surface area contributed by atoms with Gasteiger partial charge < -0.3 is 10.1 Å². The highest BCUT2D eigenvalue weighted by Crippen LogP contribution is 2.26. The van der Waals surface area contributed by atoms with E-state index >= 15 is 0 Å². The third-order valence-electron chi connectivity index (χ3n) is 4.48. The smallest absolute Gasteiger partial charge is 0.230 e. The molecule has 2 aromatic heterocycles. The van der Waals surface area contributed by atoms with Crippen molar-refractivity contribution in [2.75, 3.05) is 32.3 Å². The van der Waals surface area contributed by atoms with Crippen LogP contribution < -0.4 is 15.4 Å². The Balaban J connectivity index is 1.43. The van der Waals surface area contributed by atoms with E-state index < -0.39 is 0 Å². The Kier molecular flexibility index (Phi) is 5.17. The van der Waals surface area contributed by atoms with Gasteiger partial charge in [-0.1, -0.05) is 18.2 Å². The molecule has 0 fully saturated rings. The highest BCUT2D eigenvalue weighted by molar-refractivity contribution is 7.09. The summed E-state index contributed by atoms with van der Waals surface area (Å²) in [5, 5.41) is 9.59. The first-order chi connectivity index (χ1) is 13.2. The maximum atomic E-state index is 5.43. The average molecular weight is 382 g/mol. The van der Waals surface area contributed by atoms with Crippen LogP contribution >= 0.6 is 11.3 Å². The van der Waals surface area contributed by atoms with E-state index in [-0.39, 0.29) is 0 Å². The predicted octanol–water partition coefficient (Wildman–Crippen LogP) is 2.84. The second kappa shape index (κ2) is 7.89. The topological polar surface area (TPSA) is 74.7 Å². The number of para-hydroxylation sites is 1. The Morgan fingerprint density at radius 2 is 2.19 bits per heavy atom. The molecule has 0 unspecified atom stereocenters. The lowest BCUT2D eigenvalue weighted by molar-refractivity contribution is 0.269. The first-order valence-electron chi connectivity index (χ1n) is 8.84. The first-order valence-corrected chi connectivity index (χ1v) is 9.72. The third-order valence-corrected chi connectivity index (χ3v) is 5.42. The number of aromatic nitrogens is 2. The van der Waals surface area contributed by atoms with Gasteiger partial charge in [-0.05, 0) is 30.9 Å². The fourth-order valence-electron chi connectivity index (χ4n) is 3.03. The molecular formula is C19H22N6OS. The van der Waals surface area contributed by atoms with Crippen molar-refractivity contribution in [3.63, 3.8) is 0 Å². The third kappa shape index (κ3) is 4.01. The zero-order valence-electron chi connectivity index (χ0n) is 15.4. The van der Waals surface area contributed by atoms with Crippen LogP contribution in [0.4, 0.5) is 5.95 Å². The summed E-state index contributed by atoms with van der Waals surface area (Å²) in [7, 11) is 1.65. The number of aliphatic imine (C=N–C) groups is 1. The summed E-state index contributed by atoms with van der Waals surface area (Å²) in [4.78, 5) is 17.4. The van der Waals surface area contributed by atoms with E-state index in [0.717, 1.165) is 42.0 Å². The molecule has 8 heteroatoms. The Morgan fingerprint density at radius 3 is 2.93 bits per heavy atom. The van der Waals surface area contributed by atoms with Crippen LogP contribution in [0.1, 0.15) is 10.6 Å². The first kappa shape index (κ1) is 17.7. The number of nitrogens with zero attached hydrogens (tertiary/aromatic N) is 4. The lowest BCUT2D eigenvalue weighted by Gasteiger charge is -2.26. The molecule has 4 rings (SSSR count). The largest absolute Gasteiger partial charge is 0.494 e. The van der Waals surface area contributed by atoms with Crippen LogP contribution in [0, 0.1) is 6.92 Å². The summed E-state index contributed by atoms with van der Waals surface area (Å²) in [5.74, 6) is 1.94. The summed E-state index contributed by atoms with van der Waals surface area (Å²) in [6.45, 7) is 4.34. The number of benzene rings is 1. The Morgan fingerprint density at radius 1 is 1.26 bits per heavy atom.